The molecule has 0 aromatic rings. The molecule has 0 saturated carbocycles. The van der Waals surface area contributed by atoms with Crippen LogP contribution in [0.25, 0.3) is 0 Å². The standard InChI is InChI=1S/C11H14O5/c1-6-5-10-9(2,16-10)7(12)4-8(14-3)11(10,13)15-6/h4,6,13H,5H2,1-3H3/t6-,9+,10+,11+/m1/s1. The summed E-state index contributed by atoms with van der Waals surface area (Å²) in [7, 11) is 1.40. The van der Waals surface area contributed by atoms with E-state index in [1.807, 2.05) is 6.92 Å². The summed E-state index contributed by atoms with van der Waals surface area (Å²) in [4.78, 5) is 11.9. The Bertz CT molecular complexity index is 417. The monoisotopic (exact) mass is 226 g/mol. The maximum atomic E-state index is 11.9. The van der Waals surface area contributed by atoms with Gasteiger partial charge in [-0.1, -0.05) is 0 Å². The molecule has 0 unspecified atom stereocenters. The quantitative estimate of drug-likeness (QED) is 0.643. The number of hydrogen-bond donors (Lipinski definition) is 1. The van der Waals surface area contributed by atoms with Crippen molar-refractivity contribution >= 4 is 5.78 Å². The summed E-state index contributed by atoms with van der Waals surface area (Å²) in [5.41, 5.74) is -1.93. The van der Waals surface area contributed by atoms with E-state index in [9.17, 15) is 9.90 Å². The summed E-state index contributed by atoms with van der Waals surface area (Å²) in [6.07, 6.45) is 1.59. The van der Waals surface area contributed by atoms with E-state index in [0.29, 0.717) is 6.42 Å². The topological polar surface area (TPSA) is 68.3 Å². The average Bonchev–Trinajstić information content (AvgIpc) is 2.72. The first-order chi connectivity index (χ1) is 7.39. The number of epoxide rings is 1. The second-order valence-electron chi connectivity index (χ2n) is 4.82. The van der Waals surface area contributed by atoms with Crippen LogP contribution >= 0.6 is 0 Å². The van der Waals surface area contributed by atoms with Gasteiger partial charge in [-0.3, -0.25) is 4.79 Å². The van der Waals surface area contributed by atoms with Crippen LogP contribution in [0.3, 0.4) is 0 Å². The molecule has 2 fully saturated rings. The van der Waals surface area contributed by atoms with Crippen molar-refractivity contribution in [2.24, 2.45) is 0 Å². The van der Waals surface area contributed by atoms with Gasteiger partial charge in [0, 0.05) is 12.5 Å². The highest BCUT2D eigenvalue weighted by molar-refractivity contribution is 6.02. The molecule has 0 aromatic heterocycles. The van der Waals surface area contributed by atoms with Gasteiger partial charge in [0.25, 0.3) is 5.79 Å². The van der Waals surface area contributed by atoms with Crippen LogP contribution in [-0.4, -0.2) is 41.1 Å². The minimum atomic E-state index is -1.62. The number of ether oxygens (including phenoxy) is 3. The highest BCUT2D eigenvalue weighted by Crippen LogP contribution is 2.66. The molecule has 3 rings (SSSR count). The second kappa shape index (κ2) is 2.50. The third-order valence-corrected chi connectivity index (χ3v) is 3.89. The number of carbonyl (C=O) groups excluding carboxylic acids is 1. The number of rotatable bonds is 1. The minimum Gasteiger partial charge on any atom is -0.495 e. The van der Waals surface area contributed by atoms with Crippen LogP contribution in [0.2, 0.25) is 0 Å². The molecule has 4 atom stereocenters. The second-order valence-corrected chi connectivity index (χ2v) is 4.82. The van der Waals surface area contributed by atoms with Crippen molar-refractivity contribution in [2.45, 2.75) is 43.4 Å². The maximum Gasteiger partial charge on any atom is 0.259 e. The first-order valence-electron chi connectivity index (χ1n) is 5.30. The average molecular weight is 226 g/mol. The van der Waals surface area contributed by atoms with E-state index < -0.39 is 17.0 Å². The zero-order valence-corrected chi connectivity index (χ0v) is 9.44. The Kier molecular flexibility index (Phi) is 1.60. The molecule has 88 valence electrons. The highest BCUT2D eigenvalue weighted by Gasteiger charge is 2.86. The van der Waals surface area contributed by atoms with Gasteiger partial charge < -0.3 is 19.3 Å². The number of methoxy groups -OCH3 is 1. The Hall–Kier alpha value is -0.910. The van der Waals surface area contributed by atoms with Crippen molar-refractivity contribution in [3.05, 3.63) is 11.8 Å². The summed E-state index contributed by atoms with van der Waals surface area (Å²) < 4.78 is 16.1. The predicted molar refractivity (Wildman–Crippen MR) is 52.4 cm³/mol. The zero-order chi connectivity index (χ0) is 11.8. The van der Waals surface area contributed by atoms with Gasteiger partial charge in [-0.25, -0.2) is 0 Å². The third kappa shape index (κ3) is 0.794. The molecule has 0 radical (unpaired) electrons. The summed E-state index contributed by atoms with van der Waals surface area (Å²) in [6.45, 7) is 3.52. The lowest BCUT2D eigenvalue weighted by Gasteiger charge is -2.32. The molecule has 5 nitrogen and oxygen atoms in total. The van der Waals surface area contributed by atoms with Crippen molar-refractivity contribution in [2.75, 3.05) is 7.11 Å². The lowest BCUT2D eigenvalue weighted by atomic mass is 9.77. The normalized spacial score (nSPS) is 54.1. The molecule has 1 aliphatic carbocycles. The Morgan fingerprint density at radius 3 is 2.94 bits per heavy atom. The number of aliphatic hydroxyl groups is 1. The van der Waals surface area contributed by atoms with Crippen molar-refractivity contribution in [1.82, 2.24) is 0 Å². The predicted octanol–water partition coefficient (Wildman–Crippen LogP) is 0.125. The van der Waals surface area contributed by atoms with Gasteiger partial charge in [-0.05, 0) is 13.8 Å². The smallest absolute Gasteiger partial charge is 0.259 e. The summed E-state index contributed by atoms with van der Waals surface area (Å²) in [5.74, 6) is -1.66. The summed E-state index contributed by atoms with van der Waals surface area (Å²) >= 11 is 0. The lowest BCUT2D eigenvalue weighted by Crippen LogP contribution is -2.53. The van der Waals surface area contributed by atoms with Gasteiger partial charge in [0.2, 0.25) is 0 Å². The number of carbonyl (C=O) groups is 1. The van der Waals surface area contributed by atoms with Crippen LogP contribution in [0.1, 0.15) is 20.3 Å². The first-order valence-corrected chi connectivity index (χ1v) is 5.30. The third-order valence-electron chi connectivity index (χ3n) is 3.89. The fourth-order valence-corrected chi connectivity index (χ4v) is 2.98. The molecule has 16 heavy (non-hydrogen) atoms. The molecular weight excluding hydrogens is 212 g/mol. The Morgan fingerprint density at radius 2 is 2.31 bits per heavy atom. The molecule has 1 spiro atoms. The van der Waals surface area contributed by atoms with Gasteiger partial charge in [-0.2, -0.15) is 0 Å². The van der Waals surface area contributed by atoms with E-state index >= 15 is 0 Å². The molecule has 1 N–H and O–H groups in total. The van der Waals surface area contributed by atoms with Gasteiger partial charge in [-0.15, -0.1) is 0 Å². The van der Waals surface area contributed by atoms with Crippen molar-refractivity contribution < 1.29 is 24.1 Å². The lowest BCUT2D eigenvalue weighted by molar-refractivity contribution is -0.209. The highest BCUT2D eigenvalue weighted by atomic mass is 16.7. The molecule has 2 heterocycles. The van der Waals surface area contributed by atoms with Crippen LogP contribution in [0.4, 0.5) is 0 Å². The van der Waals surface area contributed by atoms with Gasteiger partial charge in [0.05, 0.1) is 13.2 Å². The SMILES string of the molecule is COC1=CC(=O)[C@]2(C)O[C@@]23C[C@@H](C)O[C@@]13O. The van der Waals surface area contributed by atoms with Crippen molar-refractivity contribution in [3.63, 3.8) is 0 Å². The van der Waals surface area contributed by atoms with Crippen LogP contribution in [0.15, 0.2) is 11.8 Å². The van der Waals surface area contributed by atoms with E-state index in [1.165, 1.54) is 13.2 Å². The molecule has 2 aliphatic heterocycles. The fourth-order valence-electron chi connectivity index (χ4n) is 2.98. The molecule has 5 heteroatoms. The Labute approximate surface area is 93.0 Å². The number of hydrogen-bond acceptors (Lipinski definition) is 5. The largest absolute Gasteiger partial charge is 0.495 e. The van der Waals surface area contributed by atoms with Crippen molar-refractivity contribution in [3.8, 4) is 0 Å². The van der Waals surface area contributed by atoms with Gasteiger partial charge in [0.1, 0.15) is 0 Å². The Morgan fingerprint density at radius 1 is 1.62 bits per heavy atom. The number of ketones is 1. The van der Waals surface area contributed by atoms with Crippen LogP contribution in [0, 0.1) is 0 Å². The van der Waals surface area contributed by atoms with Gasteiger partial charge >= 0.3 is 0 Å². The molecule has 0 bridgehead atoms. The first kappa shape index (κ1) is 10.3. The van der Waals surface area contributed by atoms with E-state index in [4.69, 9.17) is 14.2 Å². The molecular formula is C11H14O5. The summed E-state index contributed by atoms with van der Waals surface area (Å²) in [6, 6.07) is 0. The fraction of sp³-hybridized carbons (Fsp3) is 0.727. The summed E-state index contributed by atoms with van der Waals surface area (Å²) in [5, 5.41) is 10.5. The van der Waals surface area contributed by atoms with E-state index in [2.05, 4.69) is 0 Å². The van der Waals surface area contributed by atoms with E-state index in [1.54, 1.807) is 6.92 Å². The van der Waals surface area contributed by atoms with Crippen LogP contribution in [0.5, 0.6) is 0 Å². The molecule has 0 amide bonds. The molecule has 2 saturated heterocycles. The van der Waals surface area contributed by atoms with Crippen LogP contribution < -0.4 is 0 Å². The minimum absolute atomic E-state index is 0.136. The van der Waals surface area contributed by atoms with Crippen molar-refractivity contribution in [1.29, 1.82) is 0 Å². The van der Waals surface area contributed by atoms with E-state index in [-0.39, 0.29) is 17.6 Å². The molecule has 0 aromatic carbocycles. The molecule has 3 aliphatic rings. The Balaban J connectivity index is 2.16. The van der Waals surface area contributed by atoms with E-state index in [0.717, 1.165) is 0 Å². The van der Waals surface area contributed by atoms with Gasteiger partial charge in [0.15, 0.2) is 22.7 Å². The maximum absolute atomic E-state index is 11.9. The zero-order valence-electron chi connectivity index (χ0n) is 9.44. The van der Waals surface area contributed by atoms with Crippen LogP contribution in [-0.2, 0) is 19.0 Å².